The fraction of sp³-hybridized carbons (Fsp3) is 0.429. The highest BCUT2D eigenvalue weighted by atomic mass is 35.5. The zero-order valence-corrected chi connectivity index (χ0v) is 24.1. The molecule has 2 fully saturated rings. The van der Waals surface area contributed by atoms with Crippen molar-refractivity contribution in [2.45, 2.75) is 32.4 Å². The van der Waals surface area contributed by atoms with Gasteiger partial charge in [0.2, 0.25) is 5.75 Å². The lowest BCUT2D eigenvalue weighted by atomic mass is 10.2. The number of nitroso groups, excluding NO2 is 1. The third-order valence-corrected chi connectivity index (χ3v) is 8.97. The van der Waals surface area contributed by atoms with E-state index >= 15 is 0 Å². The molecule has 1 atom stereocenters. The highest BCUT2D eigenvalue weighted by Gasteiger charge is 2.39. The van der Waals surface area contributed by atoms with E-state index in [1.54, 1.807) is 48.7 Å². The molecule has 2 aliphatic rings. The topological polar surface area (TPSA) is 112 Å². The number of benzene rings is 2. The van der Waals surface area contributed by atoms with E-state index in [0.29, 0.717) is 67.3 Å². The maximum Gasteiger partial charge on any atom is 0.316 e. The summed E-state index contributed by atoms with van der Waals surface area (Å²) in [5.41, 5.74) is 1.98. The minimum Gasteiger partial charge on any atom is -0.598 e. The molecule has 0 spiro atoms. The van der Waals surface area contributed by atoms with Gasteiger partial charge >= 0.3 is 5.56 Å². The van der Waals surface area contributed by atoms with Gasteiger partial charge in [-0.15, -0.1) is 9.21 Å². The second kappa shape index (κ2) is 12.2. The highest BCUT2D eigenvalue weighted by molar-refractivity contribution is 7.88. The average molecular weight is 586 g/mol. The van der Waals surface area contributed by atoms with Gasteiger partial charge < -0.3 is 18.9 Å². The van der Waals surface area contributed by atoms with E-state index in [0.717, 1.165) is 18.4 Å². The van der Waals surface area contributed by atoms with Gasteiger partial charge in [-0.05, 0) is 55.3 Å². The lowest BCUT2D eigenvalue weighted by Crippen LogP contribution is -2.49. The first-order chi connectivity index (χ1) is 19.3. The molecule has 5 rings (SSSR count). The van der Waals surface area contributed by atoms with Crippen LogP contribution in [0.5, 0.6) is 11.5 Å². The number of anilines is 1. The molecule has 1 unspecified atom stereocenters. The zero-order chi connectivity index (χ0) is 28.3. The van der Waals surface area contributed by atoms with Gasteiger partial charge in [-0.25, -0.2) is 0 Å². The fourth-order valence-electron chi connectivity index (χ4n) is 4.55. The molecule has 12 heteroatoms. The number of piperazine rings is 1. The van der Waals surface area contributed by atoms with Crippen molar-refractivity contribution in [3.05, 3.63) is 74.5 Å². The quantitative estimate of drug-likeness (QED) is 0.232. The van der Waals surface area contributed by atoms with E-state index < -0.39 is 11.4 Å². The van der Waals surface area contributed by atoms with Crippen molar-refractivity contribution in [2.24, 2.45) is 10.6 Å². The van der Waals surface area contributed by atoms with Gasteiger partial charge in [-0.1, -0.05) is 30.7 Å². The second-order valence-corrected chi connectivity index (χ2v) is 12.2. The monoisotopic (exact) mass is 585 g/mol. The predicted molar refractivity (Wildman–Crippen MR) is 156 cm³/mol. The van der Waals surface area contributed by atoms with E-state index in [2.05, 4.69) is 22.1 Å². The molecule has 1 saturated heterocycles. The Morgan fingerprint density at radius 1 is 1.12 bits per heavy atom. The predicted octanol–water partition coefficient (Wildman–Crippen LogP) is 4.85. The Hall–Kier alpha value is -3.12. The molecule has 0 N–H and O–H groups in total. The van der Waals surface area contributed by atoms with Crippen LogP contribution < -0.4 is 19.9 Å². The highest BCUT2D eigenvalue weighted by Crippen LogP contribution is 2.45. The van der Waals surface area contributed by atoms with Crippen LogP contribution in [0.25, 0.3) is 5.69 Å². The van der Waals surface area contributed by atoms with Crippen molar-refractivity contribution in [1.82, 2.24) is 14.1 Å². The van der Waals surface area contributed by atoms with Crippen LogP contribution in [0, 0.1) is 10.3 Å². The standard InChI is InChI=1S/C28H32ClN5O5S/c1-3-38-25-15-20(7-8-23(25)31-36)18-40(37)33-13-11-32(12-14-33)24-17-30-34(22-6-4-5-21(29)16-22)27(35)26(24)39-19-28(2)9-10-28/h4-8,15-17H,3,9-14,18-19H2,1-2H3. The SMILES string of the molecule is CCOc1cc(C[S+]([O-])N2CCN(c3cnn(-c4cccc(Cl)c4)c(=O)c3OCC3(C)CC3)CC2)ccc1N=O. The molecular formula is C28H32ClN5O5S. The smallest absolute Gasteiger partial charge is 0.316 e. The van der Waals surface area contributed by atoms with E-state index in [-0.39, 0.29) is 22.4 Å². The van der Waals surface area contributed by atoms with E-state index in [1.807, 2.05) is 11.2 Å². The first-order valence-corrected chi connectivity index (χ1v) is 14.9. The Labute approximate surface area is 241 Å². The number of halogens is 1. The van der Waals surface area contributed by atoms with Crippen molar-refractivity contribution >= 4 is 34.3 Å². The van der Waals surface area contributed by atoms with Crippen molar-refractivity contribution in [2.75, 3.05) is 44.3 Å². The van der Waals surface area contributed by atoms with Gasteiger partial charge in [0.25, 0.3) is 0 Å². The summed E-state index contributed by atoms with van der Waals surface area (Å²) in [4.78, 5) is 26.7. The summed E-state index contributed by atoms with van der Waals surface area (Å²) in [5.74, 6) is 0.957. The molecule has 1 aromatic heterocycles. The lowest BCUT2D eigenvalue weighted by molar-refractivity contribution is 0.242. The summed E-state index contributed by atoms with van der Waals surface area (Å²) in [5, 5.41) is 7.95. The van der Waals surface area contributed by atoms with Crippen molar-refractivity contribution < 1.29 is 14.0 Å². The number of hydrogen-bond acceptors (Lipinski definition) is 9. The molecule has 3 aromatic rings. The largest absolute Gasteiger partial charge is 0.598 e. The van der Waals surface area contributed by atoms with Gasteiger partial charge in [-0.2, -0.15) is 9.78 Å². The van der Waals surface area contributed by atoms with Crippen LogP contribution in [-0.2, 0) is 17.1 Å². The van der Waals surface area contributed by atoms with Gasteiger partial charge in [0, 0.05) is 40.5 Å². The lowest BCUT2D eigenvalue weighted by Gasteiger charge is -2.36. The van der Waals surface area contributed by atoms with Gasteiger partial charge in [0.05, 0.1) is 38.2 Å². The van der Waals surface area contributed by atoms with Crippen molar-refractivity contribution in [3.63, 3.8) is 0 Å². The maximum absolute atomic E-state index is 13.6. The van der Waals surface area contributed by atoms with Crippen LogP contribution >= 0.6 is 11.6 Å². The average Bonchev–Trinajstić information content (AvgIpc) is 3.69. The summed E-state index contributed by atoms with van der Waals surface area (Å²) in [6.07, 6.45) is 3.80. The number of hydrogen-bond donors (Lipinski definition) is 0. The van der Waals surface area contributed by atoms with Crippen LogP contribution in [-0.4, -0.2) is 58.0 Å². The summed E-state index contributed by atoms with van der Waals surface area (Å²) >= 11 is 4.88. The third-order valence-electron chi connectivity index (χ3n) is 7.22. The molecule has 0 amide bonds. The maximum atomic E-state index is 13.6. The molecule has 40 heavy (non-hydrogen) atoms. The molecule has 2 aromatic carbocycles. The summed E-state index contributed by atoms with van der Waals surface area (Å²) in [6.45, 7) is 7.02. The molecule has 1 aliphatic heterocycles. The van der Waals surface area contributed by atoms with E-state index in [4.69, 9.17) is 21.1 Å². The molecule has 0 bridgehead atoms. The Morgan fingerprint density at radius 3 is 2.58 bits per heavy atom. The number of ether oxygens (including phenoxy) is 2. The Bertz CT molecular complexity index is 1420. The molecular weight excluding hydrogens is 554 g/mol. The molecule has 1 aliphatic carbocycles. The van der Waals surface area contributed by atoms with E-state index in [9.17, 15) is 14.3 Å². The molecule has 0 radical (unpaired) electrons. The number of rotatable bonds is 11. The van der Waals surface area contributed by atoms with E-state index in [1.165, 1.54) is 4.68 Å². The number of aromatic nitrogens is 2. The molecule has 10 nitrogen and oxygen atoms in total. The molecule has 1 saturated carbocycles. The Kier molecular flexibility index (Phi) is 8.65. The van der Waals surface area contributed by atoms with Crippen molar-refractivity contribution in [3.8, 4) is 17.2 Å². The first-order valence-electron chi connectivity index (χ1n) is 13.3. The minimum absolute atomic E-state index is 0.0888. The Morgan fingerprint density at radius 2 is 1.90 bits per heavy atom. The van der Waals surface area contributed by atoms with Crippen molar-refractivity contribution in [1.29, 1.82) is 0 Å². The third kappa shape index (κ3) is 6.43. The van der Waals surface area contributed by atoms with Crippen LogP contribution in [0.4, 0.5) is 11.4 Å². The molecule has 2 heterocycles. The fourth-order valence-corrected chi connectivity index (χ4v) is 5.95. The Balaban J connectivity index is 1.30. The zero-order valence-electron chi connectivity index (χ0n) is 22.5. The first kappa shape index (κ1) is 28.4. The van der Waals surface area contributed by atoms with Gasteiger partial charge in [0.1, 0.15) is 17.1 Å². The summed E-state index contributed by atoms with van der Waals surface area (Å²) in [6, 6.07) is 12.0. The van der Waals surface area contributed by atoms with Crippen LogP contribution in [0.1, 0.15) is 32.3 Å². The van der Waals surface area contributed by atoms with Gasteiger partial charge in [-0.3, -0.25) is 4.79 Å². The normalized spacial score (nSPS) is 17.4. The second-order valence-electron chi connectivity index (χ2n) is 10.4. The minimum atomic E-state index is -1.28. The summed E-state index contributed by atoms with van der Waals surface area (Å²) < 4.78 is 28.1. The summed E-state index contributed by atoms with van der Waals surface area (Å²) in [7, 11) is 0. The van der Waals surface area contributed by atoms with Gasteiger partial charge in [0.15, 0.2) is 5.75 Å². The number of nitrogens with zero attached hydrogens (tertiary/aromatic N) is 5. The van der Waals surface area contributed by atoms with Crippen LogP contribution in [0.15, 0.2) is 58.6 Å². The molecule has 212 valence electrons. The van der Waals surface area contributed by atoms with Crippen LogP contribution in [0.2, 0.25) is 5.02 Å². The van der Waals surface area contributed by atoms with Crippen LogP contribution in [0.3, 0.4) is 0 Å².